The summed E-state index contributed by atoms with van der Waals surface area (Å²) in [4.78, 5) is 26.9. The highest BCUT2D eigenvalue weighted by Gasteiger charge is 2.37. The molecule has 0 aliphatic heterocycles. The van der Waals surface area contributed by atoms with Crippen LogP contribution in [0, 0.1) is 0 Å². The number of anilines is 2. The van der Waals surface area contributed by atoms with Crippen molar-refractivity contribution in [2.24, 2.45) is 0 Å². The van der Waals surface area contributed by atoms with E-state index in [0.717, 1.165) is 0 Å². The number of rotatable bonds is 12. The molecule has 11 heteroatoms. The van der Waals surface area contributed by atoms with E-state index in [1.54, 1.807) is 26.0 Å². The molecule has 0 saturated carbocycles. The Balaban J connectivity index is 0.00000432. The zero-order valence-corrected chi connectivity index (χ0v) is 20.5. The Labute approximate surface area is 210 Å². The van der Waals surface area contributed by atoms with E-state index in [2.05, 4.69) is 21.3 Å². The SMILES string of the molecule is CC(O)CNCCNc1ccc(NCCNCC(C)O)c2c1C(=O)c1c(O)ccc(O)c1C2=O.Cl. The second kappa shape index (κ2) is 12.7. The number of fused-ring (bicyclic) bond motifs is 2. The van der Waals surface area contributed by atoms with Gasteiger partial charge in [-0.2, -0.15) is 0 Å². The van der Waals surface area contributed by atoms with Crippen LogP contribution in [0.5, 0.6) is 11.5 Å². The Morgan fingerprint density at radius 3 is 1.37 bits per heavy atom. The van der Waals surface area contributed by atoms with Crippen LogP contribution in [0.1, 0.15) is 45.7 Å². The van der Waals surface area contributed by atoms with Crippen molar-refractivity contribution in [2.75, 3.05) is 49.9 Å². The molecule has 192 valence electrons. The topological polar surface area (TPSA) is 163 Å². The minimum absolute atomic E-state index is 0. The number of phenols is 2. The zero-order chi connectivity index (χ0) is 24.8. The van der Waals surface area contributed by atoms with E-state index in [1.807, 2.05) is 0 Å². The molecular formula is C24H33ClN4O6. The molecule has 0 fully saturated rings. The molecule has 8 N–H and O–H groups in total. The van der Waals surface area contributed by atoms with Crippen LogP contribution in [0.4, 0.5) is 11.4 Å². The predicted octanol–water partition coefficient (Wildman–Crippen LogP) is 1.06. The van der Waals surface area contributed by atoms with Crippen LogP contribution >= 0.6 is 12.4 Å². The first kappa shape index (κ1) is 28.3. The highest BCUT2D eigenvalue weighted by molar-refractivity contribution is 6.33. The van der Waals surface area contributed by atoms with Crippen molar-refractivity contribution in [2.45, 2.75) is 26.1 Å². The second-order valence-corrected chi connectivity index (χ2v) is 8.38. The maximum Gasteiger partial charge on any atom is 0.200 e. The average Bonchev–Trinajstić information content (AvgIpc) is 2.78. The first-order valence-corrected chi connectivity index (χ1v) is 11.3. The van der Waals surface area contributed by atoms with Gasteiger partial charge in [-0.1, -0.05) is 0 Å². The Morgan fingerprint density at radius 2 is 1.03 bits per heavy atom. The fraction of sp³-hybridized carbons (Fsp3) is 0.417. The number of benzene rings is 2. The Bertz CT molecular complexity index is 979. The minimum Gasteiger partial charge on any atom is -0.507 e. The van der Waals surface area contributed by atoms with E-state index in [1.165, 1.54) is 12.1 Å². The fourth-order valence-corrected chi connectivity index (χ4v) is 3.85. The van der Waals surface area contributed by atoms with Crippen LogP contribution in [0.3, 0.4) is 0 Å². The molecule has 0 heterocycles. The molecule has 0 saturated heterocycles. The summed E-state index contributed by atoms with van der Waals surface area (Å²) in [5.41, 5.74) is 0.663. The number of aliphatic hydroxyl groups excluding tert-OH is 2. The number of phenolic OH excluding ortho intramolecular Hbond substituents is 2. The molecule has 35 heavy (non-hydrogen) atoms. The van der Waals surface area contributed by atoms with Gasteiger partial charge in [-0.15, -0.1) is 12.4 Å². The molecule has 3 rings (SSSR count). The number of halogens is 1. The quantitative estimate of drug-likeness (QED) is 0.131. The number of hydrogen-bond acceptors (Lipinski definition) is 10. The van der Waals surface area contributed by atoms with Crippen LogP contribution in [0.15, 0.2) is 24.3 Å². The zero-order valence-electron chi connectivity index (χ0n) is 19.7. The van der Waals surface area contributed by atoms with Crippen molar-refractivity contribution < 1.29 is 30.0 Å². The molecule has 2 unspecified atom stereocenters. The second-order valence-electron chi connectivity index (χ2n) is 8.38. The molecule has 0 spiro atoms. The molecule has 1 aliphatic carbocycles. The van der Waals surface area contributed by atoms with Crippen molar-refractivity contribution in [1.82, 2.24) is 10.6 Å². The smallest absolute Gasteiger partial charge is 0.200 e. The number of ketones is 2. The van der Waals surface area contributed by atoms with E-state index in [0.29, 0.717) is 50.6 Å². The lowest BCUT2D eigenvalue weighted by Crippen LogP contribution is -2.31. The Kier molecular flexibility index (Phi) is 10.3. The lowest BCUT2D eigenvalue weighted by atomic mass is 9.81. The first-order chi connectivity index (χ1) is 16.2. The summed E-state index contributed by atoms with van der Waals surface area (Å²) in [6.07, 6.45) is -0.973. The van der Waals surface area contributed by atoms with Gasteiger partial charge < -0.3 is 41.7 Å². The summed E-state index contributed by atoms with van der Waals surface area (Å²) < 4.78 is 0. The first-order valence-electron chi connectivity index (χ1n) is 11.3. The Hall–Kier alpha value is -2.89. The van der Waals surface area contributed by atoms with Gasteiger partial charge in [0.1, 0.15) is 11.5 Å². The summed E-state index contributed by atoms with van der Waals surface area (Å²) in [7, 11) is 0. The normalized spacial score (nSPS) is 13.9. The standard InChI is InChI=1S/C24H32N4O6.ClH/c1-13(29)11-25-7-9-27-15-3-4-16(28-10-8-26-12-14(2)30)20-19(15)23(33)21-17(31)5-6-18(32)22(21)24(20)34;/h3-6,13-14,25-32H,7-12H2,1-2H3;1H. The van der Waals surface area contributed by atoms with Crippen molar-refractivity contribution in [1.29, 1.82) is 0 Å². The third-order valence-corrected chi connectivity index (χ3v) is 5.39. The van der Waals surface area contributed by atoms with Crippen LogP contribution in [0.2, 0.25) is 0 Å². The maximum absolute atomic E-state index is 13.4. The Morgan fingerprint density at radius 1 is 0.657 bits per heavy atom. The molecular weight excluding hydrogens is 476 g/mol. The van der Waals surface area contributed by atoms with E-state index >= 15 is 0 Å². The molecule has 1 aliphatic rings. The molecule has 0 amide bonds. The van der Waals surface area contributed by atoms with E-state index in [9.17, 15) is 30.0 Å². The van der Waals surface area contributed by atoms with Crippen LogP contribution in [-0.2, 0) is 0 Å². The number of aliphatic hydroxyl groups is 2. The van der Waals surface area contributed by atoms with Gasteiger partial charge in [0, 0.05) is 50.6 Å². The van der Waals surface area contributed by atoms with Crippen molar-refractivity contribution in [3.05, 3.63) is 46.5 Å². The summed E-state index contributed by atoms with van der Waals surface area (Å²) in [6, 6.07) is 5.75. The van der Waals surface area contributed by atoms with E-state index in [4.69, 9.17) is 0 Å². The average molecular weight is 509 g/mol. The van der Waals surface area contributed by atoms with Gasteiger partial charge >= 0.3 is 0 Å². The summed E-state index contributed by atoms with van der Waals surface area (Å²) in [5.74, 6) is -1.87. The maximum atomic E-state index is 13.4. The van der Waals surface area contributed by atoms with Gasteiger partial charge in [0.2, 0.25) is 11.6 Å². The largest absolute Gasteiger partial charge is 0.507 e. The number of nitrogens with one attached hydrogen (secondary N) is 4. The summed E-state index contributed by atoms with van der Waals surface area (Å²) in [5, 5.41) is 51.8. The van der Waals surface area contributed by atoms with Crippen molar-refractivity contribution in [3.8, 4) is 11.5 Å². The summed E-state index contributed by atoms with van der Waals surface area (Å²) in [6.45, 7) is 6.06. The fourth-order valence-electron chi connectivity index (χ4n) is 3.85. The van der Waals surface area contributed by atoms with Gasteiger partial charge in [0.15, 0.2) is 0 Å². The van der Waals surface area contributed by atoms with Crippen molar-refractivity contribution >= 4 is 35.3 Å². The molecule has 0 bridgehead atoms. The monoisotopic (exact) mass is 508 g/mol. The molecule has 2 atom stereocenters. The molecule has 2 aromatic rings. The number of aromatic hydroxyl groups is 2. The third kappa shape index (κ3) is 6.62. The van der Waals surface area contributed by atoms with Gasteiger partial charge in [0.25, 0.3) is 0 Å². The number of carbonyl (C=O) groups is 2. The summed E-state index contributed by atoms with van der Waals surface area (Å²) >= 11 is 0. The molecule has 2 aromatic carbocycles. The number of hydrogen-bond donors (Lipinski definition) is 8. The highest BCUT2D eigenvalue weighted by Crippen LogP contribution is 2.42. The van der Waals surface area contributed by atoms with Gasteiger partial charge in [-0.05, 0) is 38.1 Å². The van der Waals surface area contributed by atoms with E-state index in [-0.39, 0.29) is 46.2 Å². The van der Waals surface area contributed by atoms with Crippen LogP contribution < -0.4 is 21.3 Å². The van der Waals surface area contributed by atoms with Gasteiger partial charge in [-0.3, -0.25) is 9.59 Å². The molecule has 10 nitrogen and oxygen atoms in total. The lowest BCUT2D eigenvalue weighted by molar-refractivity contribution is 0.0975. The molecule has 0 aromatic heterocycles. The predicted molar refractivity (Wildman–Crippen MR) is 136 cm³/mol. The van der Waals surface area contributed by atoms with Gasteiger partial charge in [0.05, 0.1) is 34.5 Å². The van der Waals surface area contributed by atoms with Crippen LogP contribution in [-0.4, -0.2) is 83.5 Å². The number of carbonyl (C=O) groups excluding carboxylic acids is 2. The van der Waals surface area contributed by atoms with Gasteiger partial charge in [-0.25, -0.2) is 0 Å². The lowest BCUT2D eigenvalue weighted by Gasteiger charge is -2.25. The third-order valence-electron chi connectivity index (χ3n) is 5.39. The van der Waals surface area contributed by atoms with E-state index < -0.39 is 23.8 Å². The molecule has 0 radical (unpaired) electrons. The van der Waals surface area contributed by atoms with Crippen molar-refractivity contribution in [3.63, 3.8) is 0 Å². The highest BCUT2D eigenvalue weighted by atomic mass is 35.5. The minimum atomic E-state index is -0.562. The van der Waals surface area contributed by atoms with Crippen LogP contribution in [0.25, 0.3) is 0 Å².